The number of aromatic nitrogens is 3. The van der Waals surface area contributed by atoms with Gasteiger partial charge in [0.1, 0.15) is 24.5 Å². The molecule has 0 unspecified atom stereocenters. The number of para-hydroxylation sites is 2. The Bertz CT molecular complexity index is 940. The predicted molar refractivity (Wildman–Crippen MR) is 107 cm³/mol. The number of likely N-dealkylation sites (N-methyl/N-ethyl adjacent to an activating group) is 2. The molecule has 0 bridgehead atoms. The molecule has 7 heteroatoms. The number of benzene rings is 2. The van der Waals surface area contributed by atoms with E-state index in [9.17, 15) is 4.79 Å². The van der Waals surface area contributed by atoms with Crippen molar-refractivity contribution in [3.63, 3.8) is 0 Å². The molecule has 1 atom stereocenters. The molecule has 1 amide bonds. The number of ether oxygens (including phenoxy) is 1. The molecule has 0 saturated heterocycles. The van der Waals surface area contributed by atoms with Crippen molar-refractivity contribution in [2.24, 2.45) is 0 Å². The minimum atomic E-state index is -0.0711. The van der Waals surface area contributed by atoms with Crippen LogP contribution in [0.15, 0.2) is 61.2 Å². The van der Waals surface area contributed by atoms with Gasteiger partial charge in [0.15, 0.2) is 0 Å². The third-order valence-corrected chi connectivity index (χ3v) is 4.93. The minimum Gasteiger partial charge on any atom is -0.485 e. The smallest absolute Gasteiger partial charge is 0.253 e. The molecule has 4 rings (SSSR count). The van der Waals surface area contributed by atoms with Crippen molar-refractivity contribution in [3.8, 4) is 11.4 Å². The predicted octanol–water partition coefficient (Wildman–Crippen LogP) is 2.63. The Hall–Kier alpha value is -3.35. The topological polar surface area (TPSA) is 63.5 Å². The highest BCUT2D eigenvalue weighted by molar-refractivity contribution is 5.94. The van der Waals surface area contributed by atoms with Crippen LogP contribution in [0.2, 0.25) is 0 Å². The van der Waals surface area contributed by atoms with Crippen molar-refractivity contribution in [1.29, 1.82) is 0 Å². The summed E-state index contributed by atoms with van der Waals surface area (Å²) in [6.07, 6.45) is 3.04. The standard InChI is InChI=1S/C21H23N5O2/c1-3-25-13-18(28-20-7-5-4-6-19(20)25)12-24(2)21(27)16-8-10-17(11-9-16)26-15-22-14-23-26/h4-11,14-15,18H,3,12-13H2,1-2H3/t18-/m0/s1. The maximum Gasteiger partial charge on any atom is 0.253 e. The van der Waals surface area contributed by atoms with Crippen LogP contribution in [-0.2, 0) is 0 Å². The summed E-state index contributed by atoms with van der Waals surface area (Å²) >= 11 is 0. The number of carbonyl (C=O) groups excluding carboxylic acids is 1. The Kier molecular flexibility index (Phi) is 4.97. The van der Waals surface area contributed by atoms with E-state index in [1.807, 2.05) is 49.5 Å². The number of fused-ring (bicyclic) bond motifs is 1. The lowest BCUT2D eigenvalue weighted by Gasteiger charge is -2.37. The maximum atomic E-state index is 12.8. The fourth-order valence-electron chi connectivity index (χ4n) is 3.48. The van der Waals surface area contributed by atoms with E-state index in [0.29, 0.717) is 12.1 Å². The lowest BCUT2D eigenvalue weighted by atomic mass is 10.1. The number of hydrogen-bond donors (Lipinski definition) is 0. The van der Waals surface area contributed by atoms with E-state index in [-0.39, 0.29) is 12.0 Å². The SMILES string of the molecule is CCN1C[C@H](CN(C)C(=O)c2ccc(-n3cncn3)cc2)Oc2ccccc21. The van der Waals surface area contributed by atoms with Gasteiger partial charge in [0.2, 0.25) is 0 Å². The minimum absolute atomic E-state index is 0.0318. The first-order valence-corrected chi connectivity index (χ1v) is 9.37. The molecule has 2 heterocycles. The molecule has 3 aromatic rings. The lowest BCUT2D eigenvalue weighted by Crippen LogP contribution is -2.46. The van der Waals surface area contributed by atoms with Crippen LogP contribution in [0.3, 0.4) is 0 Å². The third kappa shape index (κ3) is 3.55. The molecule has 144 valence electrons. The highest BCUT2D eigenvalue weighted by atomic mass is 16.5. The van der Waals surface area contributed by atoms with E-state index in [0.717, 1.165) is 30.2 Å². The second-order valence-corrected chi connectivity index (χ2v) is 6.82. The zero-order valence-electron chi connectivity index (χ0n) is 16.0. The molecule has 7 nitrogen and oxygen atoms in total. The lowest BCUT2D eigenvalue weighted by molar-refractivity contribution is 0.0709. The van der Waals surface area contributed by atoms with Crippen LogP contribution in [0, 0.1) is 0 Å². The molecular formula is C21H23N5O2. The Morgan fingerprint density at radius 3 is 2.71 bits per heavy atom. The summed E-state index contributed by atoms with van der Waals surface area (Å²) in [4.78, 5) is 20.8. The molecule has 0 radical (unpaired) electrons. The normalized spacial score (nSPS) is 15.6. The Morgan fingerprint density at radius 1 is 1.21 bits per heavy atom. The van der Waals surface area contributed by atoms with Gasteiger partial charge in [-0.2, -0.15) is 5.10 Å². The molecule has 2 aromatic carbocycles. The van der Waals surface area contributed by atoms with Gasteiger partial charge in [0, 0.05) is 19.2 Å². The van der Waals surface area contributed by atoms with Crippen molar-refractivity contribution in [2.45, 2.75) is 13.0 Å². The number of carbonyl (C=O) groups is 1. The molecule has 0 fully saturated rings. The van der Waals surface area contributed by atoms with Crippen LogP contribution in [0.4, 0.5) is 5.69 Å². The van der Waals surface area contributed by atoms with Crippen molar-refractivity contribution in [3.05, 3.63) is 66.7 Å². The molecular weight excluding hydrogens is 354 g/mol. The zero-order chi connectivity index (χ0) is 19.5. The van der Waals surface area contributed by atoms with Gasteiger partial charge in [-0.15, -0.1) is 0 Å². The summed E-state index contributed by atoms with van der Waals surface area (Å²) in [7, 11) is 1.81. The molecule has 0 spiro atoms. The molecule has 1 aliphatic heterocycles. The van der Waals surface area contributed by atoms with Crippen molar-refractivity contribution < 1.29 is 9.53 Å². The Balaban J connectivity index is 1.43. The van der Waals surface area contributed by atoms with Gasteiger partial charge in [0.25, 0.3) is 5.91 Å². The van der Waals surface area contributed by atoms with Crippen LogP contribution in [0.25, 0.3) is 5.69 Å². The van der Waals surface area contributed by atoms with Gasteiger partial charge in [-0.25, -0.2) is 9.67 Å². The average Bonchev–Trinajstić information content (AvgIpc) is 3.27. The van der Waals surface area contributed by atoms with Crippen LogP contribution in [0.1, 0.15) is 17.3 Å². The van der Waals surface area contributed by atoms with Crippen molar-refractivity contribution in [1.82, 2.24) is 19.7 Å². The van der Waals surface area contributed by atoms with Gasteiger partial charge in [-0.1, -0.05) is 12.1 Å². The summed E-state index contributed by atoms with van der Waals surface area (Å²) in [5, 5.41) is 4.10. The number of rotatable bonds is 5. The van der Waals surface area contributed by atoms with E-state index in [1.165, 1.54) is 6.33 Å². The number of nitrogens with zero attached hydrogens (tertiary/aromatic N) is 5. The molecule has 28 heavy (non-hydrogen) atoms. The van der Waals surface area contributed by atoms with Gasteiger partial charge in [0.05, 0.1) is 24.5 Å². The number of hydrogen-bond acceptors (Lipinski definition) is 5. The zero-order valence-corrected chi connectivity index (χ0v) is 16.0. The first kappa shape index (κ1) is 18.0. The fraction of sp³-hybridized carbons (Fsp3) is 0.286. The maximum absolute atomic E-state index is 12.8. The molecule has 1 aromatic heterocycles. The summed E-state index contributed by atoms with van der Waals surface area (Å²) in [6, 6.07) is 15.4. The summed E-state index contributed by atoms with van der Waals surface area (Å²) < 4.78 is 7.79. The second kappa shape index (κ2) is 7.72. The van der Waals surface area contributed by atoms with Crippen LogP contribution < -0.4 is 9.64 Å². The first-order chi connectivity index (χ1) is 13.7. The van der Waals surface area contributed by atoms with Gasteiger partial charge < -0.3 is 14.5 Å². The molecule has 0 aliphatic carbocycles. The fourth-order valence-corrected chi connectivity index (χ4v) is 3.48. The highest BCUT2D eigenvalue weighted by Crippen LogP contribution is 2.32. The van der Waals surface area contributed by atoms with E-state index in [2.05, 4.69) is 28.0 Å². The van der Waals surface area contributed by atoms with Crippen LogP contribution in [-0.4, -0.2) is 58.4 Å². The Labute approximate surface area is 164 Å². The van der Waals surface area contributed by atoms with Crippen molar-refractivity contribution >= 4 is 11.6 Å². The Morgan fingerprint density at radius 2 is 2.00 bits per heavy atom. The number of anilines is 1. The number of amides is 1. The van der Waals surface area contributed by atoms with Crippen LogP contribution >= 0.6 is 0 Å². The van der Waals surface area contributed by atoms with Gasteiger partial charge >= 0.3 is 0 Å². The summed E-state index contributed by atoms with van der Waals surface area (Å²) in [5.41, 5.74) is 2.61. The van der Waals surface area contributed by atoms with Gasteiger partial charge in [-0.05, 0) is 43.3 Å². The highest BCUT2D eigenvalue weighted by Gasteiger charge is 2.27. The van der Waals surface area contributed by atoms with E-state index in [1.54, 1.807) is 15.9 Å². The van der Waals surface area contributed by atoms with E-state index >= 15 is 0 Å². The largest absolute Gasteiger partial charge is 0.485 e. The monoisotopic (exact) mass is 377 g/mol. The third-order valence-electron chi connectivity index (χ3n) is 4.93. The quantitative estimate of drug-likeness (QED) is 0.684. The molecule has 1 aliphatic rings. The molecule has 0 saturated carbocycles. The second-order valence-electron chi connectivity index (χ2n) is 6.82. The summed E-state index contributed by atoms with van der Waals surface area (Å²) in [6.45, 7) is 4.31. The van der Waals surface area contributed by atoms with Crippen LogP contribution in [0.5, 0.6) is 5.75 Å². The summed E-state index contributed by atoms with van der Waals surface area (Å²) in [5.74, 6) is 0.842. The van der Waals surface area contributed by atoms with Gasteiger partial charge in [-0.3, -0.25) is 4.79 Å². The van der Waals surface area contributed by atoms with Crippen molar-refractivity contribution in [2.75, 3.05) is 31.6 Å². The van der Waals surface area contributed by atoms with E-state index < -0.39 is 0 Å². The average molecular weight is 377 g/mol. The molecule has 0 N–H and O–H groups in total. The van der Waals surface area contributed by atoms with E-state index in [4.69, 9.17) is 4.74 Å². The first-order valence-electron chi connectivity index (χ1n) is 9.37.